The zero-order valence-corrected chi connectivity index (χ0v) is 7.01. The minimum atomic E-state index is -0.404. The number of primary amides is 1. The van der Waals surface area contributed by atoms with Crippen LogP contribution in [0.2, 0.25) is 0 Å². The zero-order valence-electron chi connectivity index (χ0n) is 7.01. The third kappa shape index (κ3) is 6.80. The SMILES string of the molecule is C=CCCC(=O)NCCC(N)=O. The molecule has 2 amide bonds. The van der Waals surface area contributed by atoms with Crippen molar-refractivity contribution in [1.29, 1.82) is 0 Å². The average Bonchev–Trinajstić information content (AvgIpc) is 2.00. The van der Waals surface area contributed by atoms with Crippen molar-refractivity contribution in [3.8, 4) is 0 Å². The predicted octanol–water partition coefficient (Wildman–Crippen LogP) is -0.0558. The second kappa shape index (κ2) is 6.39. The van der Waals surface area contributed by atoms with Crippen LogP contribution in [0.1, 0.15) is 19.3 Å². The normalized spacial score (nSPS) is 9.00. The van der Waals surface area contributed by atoms with Crippen LogP contribution in [0.5, 0.6) is 0 Å². The van der Waals surface area contributed by atoms with E-state index in [1.54, 1.807) is 6.08 Å². The number of hydrogen-bond donors (Lipinski definition) is 2. The lowest BCUT2D eigenvalue weighted by atomic mass is 10.3. The first-order chi connectivity index (χ1) is 5.66. The van der Waals surface area contributed by atoms with Crippen molar-refractivity contribution >= 4 is 11.8 Å². The molecule has 4 heteroatoms. The van der Waals surface area contributed by atoms with E-state index in [1.807, 2.05) is 0 Å². The summed E-state index contributed by atoms with van der Waals surface area (Å²) in [6.45, 7) is 3.81. The van der Waals surface area contributed by atoms with Crippen LogP contribution in [0.15, 0.2) is 12.7 Å². The third-order valence-electron chi connectivity index (χ3n) is 1.27. The Morgan fingerprint density at radius 3 is 2.58 bits per heavy atom. The molecule has 0 aromatic carbocycles. The quantitative estimate of drug-likeness (QED) is 0.548. The molecule has 0 spiro atoms. The Labute approximate surface area is 71.8 Å². The van der Waals surface area contributed by atoms with Crippen molar-refractivity contribution in [2.24, 2.45) is 5.73 Å². The number of rotatable bonds is 6. The van der Waals surface area contributed by atoms with E-state index in [9.17, 15) is 9.59 Å². The summed E-state index contributed by atoms with van der Waals surface area (Å²) in [7, 11) is 0. The highest BCUT2D eigenvalue weighted by Gasteiger charge is 1.99. The summed E-state index contributed by atoms with van der Waals surface area (Å²) in [5.41, 5.74) is 4.87. The van der Waals surface area contributed by atoms with Crippen LogP contribution < -0.4 is 11.1 Å². The molecule has 0 fully saturated rings. The van der Waals surface area contributed by atoms with Crippen LogP contribution in [0.4, 0.5) is 0 Å². The lowest BCUT2D eigenvalue weighted by Gasteiger charge is -2.00. The first-order valence-corrected chi connectivity index (χ1v) is 3.82. The summed E-state index contributed by atoms with van der Waals surface area (Å²) < 4.78 is 0. The van der Waals surface area contributed by atoms with Crippen LogP contribution in [0, 0.1) is 0 Å². The summed E-state index contributed by atoms with van der Waals surface area (Å²) in [6.07, 6.45) is 2.94. The van der Waals surface area contributed by atoms with E-state index in [-0.39, 0.29) is 12.3 Å². The smallest absolute Gasteiger partial charge is 0.220 e. The molecule has 0 heterocycles. The topological polar surface area (TPSA) is 72.2 Å². The van der Waals surface area contributed by atoms with Crippen molar-refractivity contribution in [2.45, 2.75) is 19.3 Å². The molecule has 0 saturated carbocycles. The maximum atomic E-state index is 10.9. The minimum Gasteiger partial charge on any atom is -0.370 e. The Kier molecular flexibility index (Phi) is 5.69. The first-order valence-electron chi connectivity index (χ1n) is 3.82. The lowest BCUT2D eigenvalue weighted by molar-refractivity contribution is -0.121. The van der Waals surface area contributed by atoms with E-state index >= 15 is 0 Å². The van der Waals surface area contributed by atoms with Crippen molar-refractivity contribution in [3.63, 3.8) is 0 Å². The molecule has 0 radical (unpaired) electrons. The molecule has 0 unspecified atom stereocenters. The Hall–Kier alpha value is -1.32. The molecule has 0 aromatic heterocycles. The highest BCUT2D eigenvalue weighted by molar-refractivity contribution is 5.78. The number of carbonyl (C=O) groups is 2. The maximum Gasteiger partial charge on any atom is 0.220 e. The fourth-order valence-corrected chi connectivity index (χ4v) is 0.647. The van der Waals surface area contributed by atoms with Gasteiger partial charge in [0.25, 0.3) is 0 Å². The van der Waals surface area contributed by atoms with Crippen LogP contribution in [-0.2, 0) is 9.59 Å². The van der Waals surface area contributed by atoms with E-state index in [1.165, 1.54) is 0 Å². The molecule has 0 aliphatic carbocycles. The number of hydrogen-bond acceptors (Lipinski definition) is 2. The van der Waals surface area contributed by atoms with Crippen LogP contribution in [-0.4, -0.2) is 18.4 Å². The van der Waals surface area contributed by atoms with Gasteiger partial charge in [0.2, 0.25) is 11.8 Å². The summed E-state index contributed by atoms with van der Waals surface area (Å²) in [5, 5.41) is 2.56. The van der Waals surface area contributed by atoms with Crippen molar-refractivity contribution in [3.05, 3.63) is 12.7 Å². The fraction of sp³-hybridized carbons (Fsp3) is 0.500. The second-order valence-electron chi connectivity index (χ2n) is 2.39. The van der Waals surface area contributed by atoms with Gasteiger partial charge in [-0.05, 0) is 6.42 Å². The maximum absolute atomic E-state index is 10.9. The lowest BCUT2D eigenvalue weighted by Crippen LogP contribution is -2.27. The molecule has 68 valence electrons. The summed E-state index contributed by atoms with van der Waals surface area (Å²) >= 11 is 0. The Bertz CT molecular complexity index is 178. The van der Waals surface area contributed by atoms with E-state index in [2.05, 4.69) is 11.9 Å². The molecule has 3 N–H and O–H groups in total. The van der Waals surface area contributed by atoms with Gasteiger partial charge in [0.1, 0.15) is 0 Å². The van der Waals surface area contributed by atoms with Gasteiger partial charge in [-0.1, -0.05) is 6.08 Å². The molecule has 0 atom stereocenters. The van der Waals surface area contributed by atoms with E-state index in [0.29, 0.717) is 19.4 Å². The van der Waals surface area contributed by atoms with Gasteiger partial charge in [0.05, 0.1) is 0 Å². The Morgan fingerprint density at radius 2 is 2.08 bits per heavy atom. The average molecular weight is 170 g/mol. The molecule has 0 bridgehead atoms. The van der Waals surface area contributed by atoms with Crippen LogP contribution in [0.25, 0.3) is 0 Å². The zero-order chi connectivity index (χ0) is 9.40. The summed E-state index contributed by atoms with van der Waals surface area (Å²) in [6, 6.07) is 0. The van der Waals surface area contributed by atoms with Gasteiger partial charge in [0, 0.05) is 19.4 Å². The summed E-state index contributed by atoms with van der Waals surface area (Å²) in [4.78, 5) is 21.1. The van der Waals surface area contributed by atoms with Gasteiger partial charge >= 0.3 is 0 Å². The van der Waals surface area contributed by atoms with E-state index < -0.39 is 5.91 Å². The first kappa shape index (κ1) is 10.7. The molecule has 0 rings (SSSR count). The van der Waals surface area contributed by atoms with E-state index in [4.69, 9.17) is 5.73 Å². The highest BCUT2D eigenvalue weighted by Crippen LogP contribution is 1.88. The van der Waals surface area contributed by atoms with Gasteiger partial charge in [-0.2, -0.15) is 0 Å². The Morgan fingerprint density at radius 1 is 1.42 bits per heavy atom. The molecule has 0 saturated heterocycles. The Balaban J connectivity index is 3.31. The fourth-order valence-electron chi connectivity index (χ4n) is 0.647. The molecule has 4 nitrogen and oxygen atoms in total. The third-order valence-corrected chi connectivity index (χ3v) is 1.27. The van der Waals surface area contributed by atoms with Gasteiger partial charge in [0.15, 0.2) is 0 Å². The number of allylic oxidation sites excluding steroid dienone is 1. The largest absolute Gasteiger partial charge is 0.370 e. The minimum absolute atomic E-state index is 0.0730. The number of carbonyl (C=O) groups excluding carboxylic acids is 2. The van der Waals surface area contributed by atoms with Gasteiger partial charge in [-0.25, -0.2) is 0 Å². The predicted molar refractivity (Wildman–Crippen MR) is 46.3 cm³/mol. The molecule has 0 aromatic rings. The standard InChI is InChI=1S/C8H14N2O2/c1-2-3-4-8(12)10-6-5-7(9)11/h2H,1,3-6H2,(H2,9,11)(H,10,12). The number of nitrogens with two attached hydrogens (primary N) is 1. The molecule has 0 aliphatic heterocycles. The van der Waals surface area contributed by atoms with Crippen LogP contribution >= 0.6 is 0 Å². The van der Waals surface area contributed by atoms with Gasteiger partial charge in [-0.15, -0.1) is 6.58 Å². The molecule has 0 aliphatic rings. The van der Waals surface area contributed by atoms with Crippen molar-refractivity contribution < 1.29 is 9.59 Å². The molecular formula is C8H14N2O2. The van der Waals surface area contributed by atoms with Crippen molar-refractivity contribution in [2.75, 3.05) is 6.54 Å². The monoisotopic (exact) mass is 170 g/mol. The number of nitrogens with one attached hydrogen (secondary N) is 1. The molecule has 12 heavy (non-hydrogen) atoms. The van der Waals surface area contributed by atoms with Gasteiger partial charge < -0.3 is 11.1 Å². The van der Waals surface area contributed by atoms with E-state index in [0.717, 1.165) is 0 Å². The van der Waals surface area contributed by atoms with Crippen molar-refractivity contribution in [1.82, 2.24) is 5.32 Å². The van der Waals surface area contributed by atoms with Crippen LogP contribution in [0.3, 0.4) is 0 Å². The number of amides is 2. The van der Waals surface area contributed by atoms with Gasteiger partial charge in [-0.3, -0.25) is 9.59 Å². The summed E-state index contributed by atoms with van der Waals surface area (Å²) in [5.74, 6) is -0.477. The second-order valence-corrected chi connectivity index (χ2v) is 2.39. The molecular weight excluding hydrogens is 156 g/mol. The highest BCUT2D eigenvalue weighted by atomic mass is 16.2.